The molecule has 0 saturated heterocycles. The zero-order valence-corrected chi connectivity index (χ0v) is 6.96. The van der Waals surface area contributed by atoms with E-state index >= 15 is 0 Å². The summed E-state index contributed by atoms with van der Waals surface area (Å²) >= 11 is 0. The number of hydrogen-bond donors (Lipinski definition) is 0. The monoisotopic (exact) mass is 150 g/mol. The molecule has 0 spiro atoms. The molecule has 1 aromatic rings. The highest BCUT2D eigenvalue weighted by atomic mass is 16.0. The molecule has 2 N–H and O–H groups in total. The predicted octanol–water partition coefficient (Wildman–Crippen LogP) is 0.463. The van der Waals surface area contributed by atoms with Crippen molar-refractivity contribution in [2.75, 3.05) is 0 Å². The first kappa shape index (κ1) is 9.92. The minimum Gasteiger partial charge on any atom is -0.412 e. The fourth-order valence-corrected chi connectivity index (χ4v) is 1.04. The third-order valence-corrected chi connectivity index (χ3v) is 1.62. The Labute approximate surface area is 67.0 Å². The average Bonchev–Trinajstić information content (AvgIpc) is 2.04. The van der Waals surface area contributed by atoms with Crippen LogP contribution >= 0.6 is 0 Å². The van der Waals surface area contributed by atoms with Gasteiger partial charge in [0.2, 0.25) is 0 Å². The molecular weight excluding hydrogens is 136 g/mol. The zero-order valence-electron chi connectivity index (χ0n) is 6.96. The van der Waals surface area contributed by atoms with Crippen LogP contribution < -0.4 is 10.4 Å². The van der Waals surface area contributed by atoms with Crippen molar-refractivity contribution in [2.45, 2.75) is 13.8 Å². The topological polar surface area (TPSA) is 31.5 Å². The third kappa shape index (κ3) is 2.20. The van der Waals surface area contributed by atoms with Gasteiger partial charge in [-0.25, -0.2) is 0 Å². The molecule has 11 heavy (non-hydrogen) atoms. The normalized spacial score (nSPS) is 12.9. The Morgan fingerprint density at radius 2 is 1.27 bits per heavy atom. The van der Waals surface area contributed by atoms with Crippen molar-refractivity contribution < 1.29 is 5.48 Å². The Morgan fingerprint density at radius 1 is 0.909 bits per heavy atom. The highest BCUT2D eigenvalue weighted by Gasteiger charge is 1.77. The summed E-state index contributed by atoms with van der Waals surface area (Å²) in [6.45, 7) is 4.12. The van der Waals surface area contributed by atoms with E-state index in [0.717, 1.165) is 0 Å². The van der Waals surface area contributed by atoms with Gasteiger partial charge in [0, 0.05) is 0 Å². The Morgan fingerprint density at radius 3 is 1.55 bits per heavy atom. The van der Waals surface area contributed by atoms with Gasteiger partial charge in [-0.3, -0.25) is 0 Å². The lowest BCUT2D eigenvalue weighted by Gasteiger charge is -1.85. The van der Waals surface area contributed by atoms with Crippen LogP contribution in [0.2, 0.25) is 0 Å². The highest BCUT2D eigenvalue weighted by Crippen LogP contribution is 1.71. The van der Waals surface area contributed by atoms with Crippen molar-refractivity contribution in [3.05, 3.63) is 34.7 Å². The SMILES string of the molecule is CC=c1ccccc1=CC.O. The molecule has 0 atom stereocenters. The summed E-state index contributed by atoms with van der Waals surface area (Å²) in [4.78, 5) is 0. The van der Waals surface area contributed by atoms with Crippen molar-refractivity contribution >= 4 is 12.2 Å². The summed E-state index contributed by atoms with van der Waals surface area (Å²) in [5.41, 5.74) is 0. The quantitative estimate of drug-likeness (QED) is 0.514. The molecule has 60 valence electrons. The lowest BCUT2D eigenvalue weighted by Crippen LogP contribution is -2.22. The molecule has 1 nitrogen and oxygen atoms in total. The average molecular weight is 150 g/mol. The van der Waals surface area contributed by atoms with Crippen molar-refractivity contribution in [1.82, 2.24) is 0 Å². The molecule has 0 aromatic heterocycles. The summed E-state index contributed by atoms with van der Waals surface area (Å²) in [6, 6.07) is 8.36. The highest BCUT2D eigenvalue weighted by molar-refractivity contribution is 5.28. The summed E-state index contributed by atoms with van der Waals surface area (Å²) in [5, 5.41) is 2.62. The molecule has 1 rings (SSSR count). The van der Waals surface area contributed by atoms with Crippen LogP contribution in [0.25, 0.3) is 12.2 Å². The molecule has 0 unspecified atom stereocenters. The van der Waals surface area contributed by atoms with E-state index in [-0.39, 0.29) is 5.48 Å². The van der Waals surface area contributed by atoms with E-state index in [9.17, 15) is 0 Å². The molecule has 0 heterocycles. The van der Waals surface area contributed by atoms with Crippen LogP contribution in [0.1, 0.15) is 13.8 Å². The number of rotatable bonds is 0. The van der Waals surface area contributed by atoms with Gasteiger partial charge in [0.05, 0.1) is 0 Å². The van der Waals surface area contributed by atoms with Crippen LogP contribution in [0.3, 0.4) is 0 Å². The van der Waals surface area contributed by atoms with Crippen LogP contribution in [0, 0.1) is 0 Å². The largest absolute Gasteiger partial charge is 0.412 e. The van der Waals surface area contributed by atoms with Crippen LogP contribution in [0.4, 0.5) is 0 Å². The van der Waals surface area contributed by atoms with Gasteiger partial charge in [-0.1, -0.05) is 36.4 Å². The van der Waals surface area contributed by atoms with Crippen LogP contribution in [0.5, 0.6) is 0 Å². The van der Waals surface area contributed by atoms with Crippen molar-refractivity contribution in [1.29, 1.82) is 0 Å². The van der Waals surface area contributed by atoms with Crippen molar-refractivity contribution in [2.24, 2.45) is 0 Å². The summed E-state index contributed by atoms with van der Waals surface area (Å²) in [7, 11) is 0. The standard InChI is InChI=1S/C10H12.H2O/c1-3-9-7-5-6-8-10(9)4-2;/h3-8H,1-2H3;1H2. The first-order valence-corrected chi connectivity index (χ1v) is 3.56. The molecule has 0 bridgehead atoms. The van der Waals surface area contributed by atoms with Gasteiger partial charge < -0.3 is 5.48 Å². The Kier molecular flexibility index (Phi) is 4.23. The van der Waals surface area contributed by atoms with Gasteiger partial charge in [0.15, 0.2) is 0 Å². The Balaban J connectivity index is 0.000001000. The van der Waals surface area contributed by atoms with Crippen molar-refractivity contribution in [3.63, 3.8) is 0 Å². The fraction of sp³-hybridized carbons (Fsp3) is 0.200. The molecule has 1 heteroatoms. The second kappa shape index (κ2) is 4.69. The smallest absolute Gasteiger partial charge is 0.0230 e. The zero-order chi connectivity index (χ0) is 7.40. The summed E-state index contributed by atoms with van der Waals surface area (Å²) in [6.07, 6.45) is 4.24. The molecule has 0 aliphatic carbocycles. The lowest BCUT2D eigenvalue weighted by atomic mass is 10.2. The van der Waals surface area contributed by atoms with E-state index in [1.165, 1.54) is 10.4 Å². The van der Waals surface area contributed by atoms with Gasteiger partial charge in [-0.05, 0) is 24.3 Å². The lowest BCUT2D eigenvalue weighted by molar-refractivity contribution is 0.824. The minimum atomic E-state index is 0. The van der Waals surface area contributed by atoms with Crippen molar-refractivity contribution in [3.8, 4) is 0 Å². The maximum absolute atomic E-state index is 2.12. The molecule has 0 fully saturated rings. The maximum atomic E-state index is 2.12. The summed E-state index contributed by atoms with van der Waals surface area (Å²) in [5.74, 6) is 0. The van der Waals surface area contributed by atoms with Gasteiger partial charge >= 0.3 is 0 Å². The van der Waals surface area contributed by atoms with Gasteiger partial charge in [0.25, 0.3) is 0 Å². The maximum Gasteiger partial charge on any atom is -0.0230 e. The molecule has 0 amide bonds. The first-order chi connectivity index (χ1) is 4.88. The van der Waals surface area contributed by atoms with E-state index in [1.54, 1.807) is 0 Å². The van der Waals surface area contributed by atoms with Crippen LogP contribution in [-0.2, 0) is 0 Å². The van der Waals surface area contributed by atoms with E-state index in [0.29, 0.717) is 0 Å². The van der Waals surface area contributed by atoms with E-state index in [1.807, 2.05) is 0 Å². The number of hydrogen-bond acceptors (Lipinski definition) is 0. The van der Waals surface area contributed by atoms with E-state index in [2.05, 4.69) is 50.3 Å². The van der Waals surface area contributed by atoms with Crippen LogP contribution in [0.15, 0.2) is 24.3 Å². The molecule has 0 saturated carbocycles. The molecular formula is C10H14O. The fourth-order valence-electron chi connectivity index (χ4n) is 1.04. The van der Waals surface area contributed by atoms with Crippen LogP contribution in [-0.4, -0.2) is 5.48 Å². The van der Waals surface area contributed by atoms with E-state index in [4.69, 9.17) is 0 Å². The third-order valence-electron chi connectivity index (χ3n) is 1.62. The molecule has 0 aliphatic rings. The number of benzene rings is 1. The Hall–Kier alpha value is -1.08. The van der Waals surface area contributed by atoms with Gasteiger partial charge in [-0.15, -0.1) is 0 Å². The minimum absolute atomic E-state index is 0. The molecule has 0 radical (unpaired) electrons. The van der Waals surface area contributed by atoms with Gasteiger partial charge in [0.1, 0.15) is 0 Å². The second-order valence-corrected chi connectivity index (χ2v) is 2.21. The second-order valence-electron chi connectivity index (χ2n) is 2.21. The molecule has 1 aromatic carbocycles. The van der Waals surface area contributed by atoms with E-state index < -0.39 is 0 Å². The predicted molar refractivity (Wildman–Crippen MR) is 49.6 cm³/mol. The Bertz CT molecular complexity index is 279. The first-order valence-electron chi connectivity index (χ1n) is 3.56. The van der Waals surface area contributed by atoms with Gasteiger partial charge in [-0.2, -0.15) is 0 Å². The molecule has 0 aliphatic heterocycles. The summed E-state index contributed by atoms with van der Waals surface area (Å²) < 4.78 is 0.